The average molecular weight is 388 g/mol. The van der Waals surface area contributed by atoms with Crippen molar-refractivity contribution >= 4 is 27.6 Å². The molecule has 3 nitrogen and oxygen atoms in total. The van der Waals surface area contributed by atoms with Crippen LogP contribution >= 0.6 is 0 Å². The number of unbranched alkanes of at least 4 members (excludes halogenated alkanes) is 1. The molecular weight excluding hydrogens is 366 g/mol. The molecule has 3 aromatic rings. The lowest BCUT2D eigenvalue weighted by atomic mass is 10.1. The van der Waals surface area contributed by atoms with Gasteiger partial charge in [-0.15, -0.1) is 0 Å². The monoisotopic (exact) mass is 387 g/mol. The van der Waals surface area contributed by atoms with E-state index in [-0.39, 0.29) is 23.0 Å². The van der Waals surface area contributed by atoms with Crippen LogP contribution < -0.4 is 21.5 Å². The first-order valence-electron chi connectivity index (χ1n) is 8.25. The molecule has 126 valence electrons. The third-order valence-corrected chi connectivity index (χ3v) is 4.09. The molecule has 1 heterocycles. The Morgan fingerprint density at radius 1 is 1.00 bits per heavy atom. The summed E-state index contributed by atoms with van der Waals surface area (Å²) in [4.78, 5) is 11.4. The van der Waals surface area contributed by atoms with E-state index in [1.165, 1.54) is 21.7 Å². The van der Waals surface area contributed by atoms with Gasteiger partial charge in [0.1, 0.15) is 6.54 Å². The predicted octanol–water partition coefficient (Wildman–Crippen LogP) is 1.02. The number of pyridine rings is 1. The fraction of sp³-hybridized carbons (Fsp3) is 0.300. The van der Waals surface area contributed by atoms with Crippen LogP contribution in [0.3, 0.4) is 0 Å². The molecule has 0 saturated carbocycles. The van der Waals surface area contributed by atoms with Crippen molar-refractivity contribution in [2.24, 2.45) is 0 Å². The van der Waals surface area contributed by atoms with Gasteiger partial charge in [-0.3, -0.25) is 4.79 Å². The van der Waals surface area contributed by atoms with Crippen molar-refractivity contribution < 1.29 is 31.1 Å². The Hall–Kier alpha value is -1.94. The van der Waals surface area contributed by atoms with Crippen LogP contribution in [0, 0.1) is 0 Å². The number of aryl methyl sites for hydroxylation is 1. The van der Waals surface area contributed by atoms with Gasteiger partial charge in [-0.05, 0) is 25.5 Å². The second-order valence-electron chi connectivity index (χ2n) is 5.69. The highest BCUT2D eigenvalue weighted by molar-refractivity contribution is 6.03. The summed E-state index contributed by atoms with van der Waals surface area (Å²) in [5.41, 5.74) is 1.24. The van der Waals surface area contributed by atoms with Gasteiger partial charge in [0.2, 0.25) is 5.52 Å². The number of benzene rings is 2. The van der Waals surface area contributed by atoms with Gasteiger partial charge < -0.3 is 21.7 Å². The normalized spacial score (nSPS) is 10.5. The number of aromatic nitrogens is 1. The molecule has 0 saturated heterocycles. The maximum atomic E-state index is 11.4. The highest BCUT2D eigenvalue weighted by atomic mass is 79.9. The Morgan fingerprint density at radius 3 is 2.50 bits per heavy atom. The van der Waals surface area contributed by atoms with Gasteiger partial charge in [0.15, 0.2) is 6.20 Å². The van der Waals surface area contributed by atoms with Crippen LogP contribution in [0.5, 0.6) is 0 Å². The van der Waals surface area contributed by atoms with Crippen LogP contribution in [0.2, 0.25) is 0 Å². The van der Waals surface area contributed by atoms with E-state index in [0.717, 1.165) is 19.4 Å². The van der Waals surface area contributed by atoms with Crippen LogP contribution in [-0.4, -0.2) is 12.6 Å². The minimum atomic E-state index is -0.0964. The van der Waals surface area contributed by atoms with Gasteiger partial charge in [-0.1, -0.05) is 30.3 Å². The largest absolute Gasteiger partial charge is 1.00 e. The molecule has 1 aromatic heterocycles. The Bertz CT molecular complexity index is 832. The molecular formula is C20H22BrNO2. The lowest BCUT2D eigenvalue weighted by Gasteiger charge is -2.05. The lowest BCUT2D eigenvalue weighted by Crippen LogP contribution is -3.00. The highest BCUT2D eigenvalue weighted by Gasteiger charge is 2.12. The smallest absolute Gasteiger partial charge is 0.305 e. The van der Waals surface area contributed by atoms with Gasteiger partial charge in [-0.25, -0.2) is 0 Å². The fourth-order valence-electron chi connectivity index (χ4n) is 3.01. The average Bonchev–Trinajstić information content (AvgIpc) is 2.59. The zero-order valence-corrected chi connectivity index (χ0v) is 15.5. The molecule has 0 radical (unpaired) electrons. The maximum absolute atomic E-state index is 11.4. The number of halogens is 1. The topological polar surface area (TPSA) is 30.2 Å². The molecule has 0 aliphatic rings. The summed E-state index contributed by atoms with van der Waals surface area (Å²) in [6.07, 6.45) is 4.53. The van der Waals surface area contributed by atoms with E-state index in [9.17, 15) is 4.79 Å². The van der Waals surface area contributed by atoms with E-state index < -0.39 is 0 Å². The number of ether oxygens (including phenoxy) is 1. The van der Waals surface area contributed by atoms with E-state index in [2.05, 4.69) is 59.3 Å². The fourth-order valence-corrected chi connectivity index (χ4v) is 3.01. The number of nitrogens with zero attached hydrogens (tertiary/aromatic N) is 1. The Balaban J connectivity index is 0.00000208. The molecule has 0 unspecified atom stereocenters. The number of hydrogen-bond donors (Lipinski definition) is 0. The van der Waals surface area contributed by atoms with Crippen LogP contribution in [-0.2, 0) is 16.1 Å². The van der Waals surface area contributed by atoms with Crippen LogP contribution in [0.4, 0.5) is 0 Å². The first-order chi connectivity index (χ1) is 11.3. The first-order valence-corrected chi connectivity index (χ1v) is 8.25. The SMILES string of the molecule is CCOC(=O)CCCC[n+]1cc2ccccc2c2ccccc21.[Br-]. The second-order valence-corrected chi connectivity index (χ2v) is 5.69. The zero-order chi connectivity index (χ0) is 16.1. The summed E-state index contributed by atoms with van der Waals surface area (Å²) in [6.45, 7) is 3.21. The molecule has 4 heteroatoms. The zero-order valence-electron chi connectivity index (χ0n) is 13.9. The van der Waals surface area contributed by atoms with Gasteiger partial charge in [0.05, 0.1) is 12.0 Å². The van der Waals surface area contributed by atoms with E-state index in [4.69, 9.17) is 4.74 Å². The molecule has 0 spiro atoms. The third-order valence-electron chi connectivity index (χ3n) is 4.09. The molecule has 0 fully saturated rings. The molecule has 0 atom stereocenters. The van der Waals surface area contributed by atoms with Crippen molar-refractivity contribution in [3.05, 3.63) is 54.7 Å². The van der Waals surface area contributed by atoms with Crippen molar-refractivity contribution in [1.29, 1.82) is 0 Å². The van der Waals surface area contributed by atoms with Crippen molar-refractivity contribution in [3.63, 3.8) is 0 Å². The second kappa shape index (κ2) is 8.78. The van der Waals surface area contributed by atoms with Crippen molar-refractivity contribution in [1.82, 2.24) is 0 Å². The number of hydrogen-bond acceptors (Lipinski definition) is 2. The molecule has 0 aliphatic carbocycles. The Morgan fingerprint density at radius 2 is 1.71 bits per heavy atom. The number of carbonyl (C=O) groups is 1. The third kappa shape index (κ3) is 4.12. The summed E-state index contributed by atoms with van der Waals surface area (Å²) in [5.74, 6) is -0.0964. The lowest BCUT2D eigenvalue weighted by molar-refractivity contribution is -0.670. The molecule has 3 rings (SSSR count). The van der Waals surface area contributed by atoms with E-state index in [1.807, 2.05) is 6.92 Å². The summed E-state index contributed by atoms with van der Waals surface area (Å²) in [6, 6.07) is 17.0. The van der Waals surface area contributed by atoms with Gasteiger partial charge >= 0.3 is 5.97 Å². The molecule has 0 N–H and O–H groups in total. The van der Waals surface area contributed by atoms with Crippen LogP contribution in [0.25, 0.3) is 21.7 Å². The summed E-state index contributed by atoms with van der Waals surface area (Å²) in [7, 11) is 0. The van der Waals surface area contributed by atoms with Crippen LogP contribution in [0.15, 0.2) is 54.7 Å². The molecule has 0 aliphatic heterocycles. The number of rotatable bonds is 6. The number of para-hydroxylation sites is 1. The van der Waals surface area contributed by atoms with Crippen LogP contribution in [0.1, 0.15) is 26.2 Å². The van der Waals surface area contributed by atoms with E-state index >= 15 is 0 Å². The van der Waals surface area contributed by atoms with Gasteiger partial charge in [0.25, 0.3) is 0 Å². The summed E-state index contributed by atoms with van der Waals surface area (Å²) in [5, 5.41) is 3.80. The standard InChI is InChI=1S/C20H22NO2.BrH/c1-2-23-20(22)13-7-8-14-21-15-16-9-3-4-10-17(16)18-11-5-6-12-19(18)21;/h3-6,9-12,15H,2,7-8,13-14H2,1H3;1H/q+1;/p-1. The number of esters is 1. The molecule has 2 aromatic carbocycles. The first kappa shape index (κ1) is 18.4. The predicted molar refractivity (Wildman–Crippen MR) is 92.1 cm³/mol. The molecule has 0 bridgehead atoms. The number of carbonyl (C=O) groups excluding carboxylic acids is 1. The minimum Gasteiger partial charge on any atom is -1.00 e. The molecule has 0 amide bonds. The van der Waals surface area contributed by atoms with Gasteiger partial charge in [-0.2, -0.15) is 4.57 Å². The number of fused-ring (bicyclic) bond motifs is 3. The Labute approximate surface area is 153 Å². The highest BCUT2D eigenvalue weighted by Crippen LogP contribution is 2.22. The quantitative estimate of drug-likeness (QED) is 0.273. The Kier molecular flexibility index (Phi) is 6.73. The minimum absolute atomic E-state index is 0. The van der Waals surface area contributed by atoms with Crippen molar-refractivity contribution in [2.45, 2.75) is 32.7 Å². The summed E-state index contributed by atoms with van der Waals surface area (Å²) < 4.78 is 7.27. The van der Waals surface area contributed by atoms with E-state index in [1.54, 1.807) is 0 Å². The maximum Gasteiger partial charge on any atom is 0.305 e. The molecule has 24 heavy (non-hydrogen) atoms. The van der Waals surface area contributed by atoms with E-state index in [0.29, 0.717) is 13.0 Å². The van der Waals surface area contributed by atoms with Crippen molar-refractivity contribution in [3.8, 4) is 0 Å². The van der Waals surface area contributed by atoms with Crippen molar-refractivity contribution in [2.75, 3.05) is 6.61 Å². The van der Waals surface area contributed by atoms with Gasteiger partial charge in [0, 0.05) is 29.7 Å². The summed E-state index contributed by atoms with van der Waals surface area (Å²) >= 11 is 0.